The number of hydrogen-bond acceptors (Lipinski definition) is 2. The van der Waals surface area contributed by atoms with Gasteiger partial charge in [-0.15, -0.1) is 0 Å². The zero-order chi connectivity index (χ0) is 13.0. The van der Waals surface area contributed by atoms with Crippen molar-refractivity contribution >= 4 is 23.2 Å². The summed E-state index contributed by atoms with van der Waals surface area (Å²) in [6, 6.07) is 5.88. The maximum Gasteiger partial charge on any atom is 0.0595 e. The van der Waals surface area contributed by atoms with E-state index in [1.165, 1.54) is 25.7 Å². The predicted molar refractivity (Wildman–Crippen MR) is 78.2 cm³/mol. The molecule has 0 heterocycles. The Balaban J connectivity index is 1.87. The van der Waals surface area contributed by atoms with Gasteiger partial charge in [0.15, 0.2) is 0 Å². The van der Waals surface area contributed by atoms with Crippen LogP contribution in [0.2, 0.25) is 10.0 Å². The lowest BCUT2D eigenvalue weighted by Crippen LogP contribution is -2.30. The highest BCUT2D eigenvalue weighted by molar-refractivity contribution is 6.42. The number of halogens is 2. The molecule has 0 saturated heterocycles. The van der Waals surface area contributed by atoms with Gasteiger partial charge in [-0.05, 0) is 36.6 Å². The minimum absolute atomic E-state index is 0.167. The summed E-state index contributed by atoms with van der Waals surface area (Å²) in [5, 5.41) is 4.68. The molecule has 0 aliphatic heterocycles. The largest absolute Gasteiger partial charge is 0.329 e. The lowest BCUT2D eigenvalue weighted by Gasteiger charge is -2.26. The Hall–Kier alpha value is -0.280. The van der Waals surface area contributed by atoms with Gasteiger partial charge in [0.05, 0.1) is 10.0 Å². The number of benzene rings is 1. The van der Waals surface area contributed by atoms with Crippen LogP contribution in [0.25, 0.3) is 0 Å². The van der Waals surface area contributed by atoms with Crippen LogP contribution in [0.5, 0.6) is 0 Å². The molecule has 4 heteroatoms. The van der Waals surface area contributed by atoms with Gasteiger partial charge in [0, 0.05) is 12.6 Å². The molecule has 1 unspecified atom stereocenters. The maximum atomic E-state index is 6.03. The van der Waals surface area contributed by atoms with Crippen molar-refractivity contribution in [3.05, 3.63) is 33.8 Å². The Labute approximate surface area is 119 Å². The van der Waals surface area contributed by atoms with Gasteiger partial charge in [-0.3, -0.25) is 0 Å². The first-order valence-electron chi connectivity index (χ1n) is 6.59. The quantitative estimate of drug-likeness (QED) is 0.835. The lowest BCUT2D eigenvalue weighted by molar-refractivity contribution is 0.288. The van der Waals surface area contributed by atoms with E-state index in [0.29, 0.717) is 16.6 Å². The highest BCUT2D eigenvalue weighted by Gasteiger charge is 2.17. The molecule has 1 aliphatic carbocycles. The van der Waals surface area contributed by atoms with Crippen molar-refractivity contribution in [3.8, 4) is 0 Å². The van der Waals surface area contributed by atoms with E-state index in [2.05, 4.69) is 5.32 Å². The maximum absolute atomic E-state index is 6.03. The van der Waals surface area contributed by atoms with E-state index in [1.54, 1.807) is 0 Å². The average Bonchev–Trinajstić information content (AvgIpc) is 2.31. The molecule has 1 atom stereocenters. The number of rotatable bonds is 6. The van der Waals surface area contributed by atoms with Crippen molar-refractivity contribution in [2.45, 2.75) is 31.7 Å². The molecule has 1 aliphatic rings. The van der Waals surface area contributed by atoms with Crippen LogP contribution in [0, 0.1) is 5.92 Å². The zero-order valence-corrected chi connectivity index (χ0v) is 12.0. The third-order valence-electron chi connectivity index (χ3n) is 3.75. The van der Waals surface area contributed by atoms with Crippen molar-refractivity contribution in [2.24, 2.45) is 11.7 Å². The monoisotopic (exact) mass is 286 g/mol. The summed E-state index contributed by atoms with van der Waals surface area (Å²) in [5.74, 6) is 0.921. The molecule has 0 bridgehead atoms. The van der Waals surface area contributed by atoms with Crippen molar-refractivity contribution in [3.63, 3.8) is 0 Å². The Morgan fingerprint density at radius 3 is 2.61 bits per heavy atom. The molecule has 0 radical (unpaired) electrons. The van der Waals surface area contributed by atoms with E-state index in [4.69, 9.17) is 28.9 Å². The molecule has 1 aromatic carbocycles. The van der Waals surface area contributed by atoms with Crippen molar-refractivity contribution in [1.82, 2.24) is 5.32 Å². The fourth-order valence-electron chi connectivity index (χ4n) is 2.31. The Morgan fingerprint density at radius 1 is 1.28 bits per heavy atom. The van der Waals surface area contributed by atoms with Crippen molar-refractivity contribution < 1.29 is 0 Å². The second-order valence-electron chi connectivity index (χ2n) is 5.00. The summed E-state index contributed by atoms with van der Waals surface area (Å²) >= 11 is 11.9. The lowest BCUT2D eigenvalue weighted by atomic mass is 9.83. The molecule has 2 nitrogen and oxygen atoms in total. The number of nitrogens with one attached hydrogen (secondary N) is 1. The van der Waals surface area contributed by atoms with Gasteiger partial charge in [0.1, 0.15) is 0 Å². The SMILES string of the molecule is NCC(NCCC1CCC1)c1ccc(Cl)c(Cl)c1. The van der Waals surface area contributed by atoms with Gasteiger partial charge in [-0.25, -0.2) is 0 Å². The second-order valence-corrected chi connectivity index (χ2v) is 5.82. The Morgan fingerprint density at radius 2 is 2.06 bits per heavy atom. The van der Waals surface area contributed by atoms with Crippen LogP contribution in [0.15, 0.2) is 18.2 Å². The molecule has 1 aromatic rings. The van der Waals surface area contributed by atoms with E-state index in [-0.39, 0.29) is 6.04 Å². The molecule has 0 spiro atoms. The van der Waals surface area contributed by atoms with E-state index < -0.39 is 0 Å². The molecular weight excluding hydrogens is 267 g/mol. The van der Waals surface area contributed by atoms with Gasteiger partial charge in [0.25, 0.3) is 0 Å². The van der Waals surface area contributed by atoms with Crippen LogP contribution < -0.4 is 11.1 Å². The van der Waals surface area contributed by atoms with Gasteiger partial charge >= 0.3 is 0 Å². The zero-order valence-electron chi connectivity index (χ0n) is 10.5. The first-order valence-corrected chi connectivity index (χ1v) is 7.34. The summed E-state index contributed by atoms with van der Waals surface area (Å²) in [6.07, 6.45) is 5.43. The van der Waals surface area contributed by atoms with Crippen LogP contribution in [-0.2, 0) is 0 Å². The molecule has 18 heavy (non-hydrogen) atoms. The van der Waals surface area contributed by atoms with E-state index >= 15 is 0 Å². The fourth-order valence-corrected chi connectivity index (χ4v) is 2.62. The second kappa shape index (κ2) is 6.76. The standard InChI is InChI=1S/C14H20Cl2N2/c15-12-5-4-11(8-13(12)16)14(9-17)18-7-6-10-2-1-3-10/h4-5,8,10,14,18H,1-3,6-7,9,17H2. The smallest absolute Gasteiger partial charge is 0.0595 e. The minimum atomic E-state index is 0.167. The summed E-state index contributed by atoms with van der Waals surface area (Å²) in [5.41, 5.74) is 6.93. The summed E-state index contributed by atoms with van der Waals surface area (Å²) in [6.45, 7) is 1.59. The number of nitrogens with two attached hydrogens (primary N) is 1. The summed E-state index contributed by atoms with van der Waals surface area (Å²) in [4.78, 5) is 0. The van der Waals surface area contributed by atoms with Crippen LogP contribution >= 0.6 is 23.2 Å². The molecule has 0 aromatic heterocycles. The van der Waals surface area contributed by atoms with Crippen LogP contribution in [0.4, 0.5) is 0 Å². The average molecular weight is 287 g/mol. The molecule has 1 fully saturated rings. The fraction of sp³-hybridized carbons (Fsp3) is 0.571. The number of hydrogen-bond donors (Lipinski definition) is 2. The molecule has 2 rings (SSSR count). The van der Waals surface area contributed by atoms with Gasteiger partial charge in [-0.2, -0.15) is 0 Å². The van der Waals surface area contributed by atoms with Gasteiger partial charge in [0.2, 0.25) is 0 Å². The summed E-state index contributed by atoms with van der Waals surface area (Å²) in [7, 11) is 0. The molecular formula is C14H20Cl2N2. The first kappa shape index (κ1) is 14.1. The molecule has 0 amide bonds. The predicted octanol–water partition coefficient (Wildman–Crippen LogP) is 3.77. The van der Waals surface area contributed by atoms with Crippen molar-refractivity contribution in [1.29, 1.82) is 0 Å². The third kappa shape index (κ3) is 3.61. The third-order valence-corrected chi connectivity index (χ3v) is 4.49. The topological polar surface area (TPSA) is 38.0 Å². The summed E-state index contributed by atoms with van der Waals surface area (Å²) < 4.78 is 0. The normalized spacial score (nSPS) is 17.5. The van der Waals surface area contributed by atoms with Crippen LogP contribution in [0.1, 0.15) is 37.3 Å². The van der Waals surface area contributed by atoms with Crippen LogP contribution in [-0.4, -0.2) is 13.1 Å². The van der Waals surface area contributed by atoms with Crippen molar-refractivity contribution in [2.75, 3.05) is 13.1 Å². The molecule has 3 N–H and O–H groups in total. The first-order chi connectivity index (χ1) is 8.70. The Kier molecular flexibility index (Phi) is 5.31. The van der Waals surface area contributed by atoms with E-state index in [1.807, 2.05) is 18.2 Å². The Bertz CT molecular complexity index is 391. The minimum Gasteiger partial charge on any atom is -0.329 e. The highest BCUT2D eigenvalue weighted by Crippen LogP contribution is 2.29. The molecule has 100 valence electrons. The van der Waals surface area contributed by atoms with E-state index in [0.717, 1.165) is 18.0 Å². The van der Waals surface area contributed by atoms with E-state index in [9.17, 15) is 0 Å². The van der Waals surface area contributed by atoms with Crippen LogP contribution in [0.3, 0.4) is 0 Å². The van der Waals surface area contributed by atoms with Gasteiger partial charge < -0.3 is 11.1 Å². The van der Waals surface area contributed by atoms with Gasteiger partial charge in [-0.1, -0.05) is 48.5 Å². The highest BCUT2D eigenvalue weighted by atomic mass is 35.5. The molecule has 1 saturated carbocycles.